The Hall–Kier alpha value is -2.45. The molecule has 1 atom stereocenters. The Morgan fingerprint density at radius 1 is 0.893 bits per heavy atom. The number of aromatic carboxylic acids is 1. The van der Waals surface area contributed by atoms with Crippen molar-refractivity contribution >= 4 is 5.97 Å². The second-order valence-corrected chi connectivity index (χ2v) is 7.39. The van der Waals surface area contributed by atoms with E-state index in [0.29, 0.717) is 5.56 Å². The Kier molecular flexibility index (Phi) is 6.79. The fourth-order valence-electron chi connectivity index (χ4n) is 3.49. The molecule has 0 bridgehead atoms. The van der Waals surface area contributed by atoms with Crippen LogP contribution in [-0.4, -0.2) is 16.2 Å². The predicted octanol–water partition coefficient (Wildman–Crippen LogP) is 5.57. The van der Waals surface area contributed by atoms with Crippen LogP contribution in [0.1, 0.15) is 59.3 Å². The van der Waals surface area contributed by atoms with Crippen LogP contribution in [0.4, 0.5) is 0 Å². The average Bonchev–Trinajstić information content (AvgIpc) is 2.68. The first-order valence-corrected chi connectivity index (χ1v) is 9.03. The van der Waals surface area contributed by atoms with Gasteiger partial charge in [0.1, 0.15) is 11.3 Å². The van der Waals surface area contributed by atoms with Crippen molar-refractivity contribution in [3.05, 3.63) is 101 Å². The van der Waals surface area contributed by atoms with Crippen LogP contribution in [-0.2, 0) is 24.9 Å². The number of hydrogen-bond acceptors (Lipinski definition) is 2. The molecule has 0 radical (unpaired) electrons. The third kappa shape index (κ3) is 4.18. The maximum absolute atomic E-state index is 11.8. The second kappa shape index (κ2) is 8.71. The average molecular weight is 426 g/mol. The molecule has 3 rings (SSSR count). The summed E-state index contributed by atoms with van der Waals surface area (Å²) in [6.45, 7) is 6.05. The van der Waals surface area contributed by atoms with Gasteiger partial charge >= 0.3 is 5.97 Å². The van der Waals surface area contributed by atoms with Gasteiger partial charge in [0.2, 0.25) is 0 Å². The number of carboxylic acids is 1. The van der Waals surface area contributed by atoms with E-state index in [2.05, 4.69) is 0 Å². The van der Waals surface area contributed by atoms with Crippen molar-refractivity contribution in [1.29, 1.82) is 0 Å². The van der Waals surface area contributed by atoms with Crippen LogP contribution in [0, 0.1) is 0 Å². The van der Waals surface area contributed by atoms with E-state index >= 15 is 0 Å². The van der Waals surface area contributed by atoms with Crippen molar-refractivity contribution in [2.75, 3.05) is 0 Å². The van der Waals surface area contributed by atoms with Crippen LogP contribution in [0.2, 0.25) is 0 Å². The number of phenols is 1. The van der Waals surface area contributed by atoms with Gasteiger partial charge in [-0.25, -0.2) is 4.79 Å². The molecule has 2 N–H and O–H groups in total. The molecule has 140 valence electrons. The largest absolute Gasteiger partial charge is 0.507 e. The minimum Gasteiger partial charge on any atom is -0.507 e. The summed E-state index contributed by atoms with van der Waals surface area (Å²) in [7, 11) is 0. The molecule has 0 aliphatic carbocycles. The third-order valence-electron chi connectivity index (χ3n) is 5.33. The maximum Gasteiger partial charge on any atom is 0.339 e. The van der Waals surface area contributed by atoms with E-state index in [1.165, 1.54) is 0 Å². The predicted molar refractivity (Wildman–Crippen MR) is 108 cm³/mol. The summed E-state index contributed by atoms with van der Waals surface area (Å²) in [5.74, 6) is -1.28. The summed E-state index contributed by atoms with van der Waals surface area (Å²) in [5.41, 5.74) is 3.00. The molecule has 0 saturated heterocycles. The first kappa shape index (κ1) is 21.8. The molecule has 1 unspecified atom stereocenters. The van der Waals surface area contributed by atoms with E-state index < -0.39 is 11.4 Å². The summed E-state index contributed by atoms with van der Waals surface area (Å²) in [4.78, 5) is 11.8. The number of carboxylic acid groups (broad SMARTS) is 1. The van der Waals surface area contributed by atoms with Gasteiger partial charge in [-0.15, -0.1) is 0 Å². The van der Waals surface area contributed by atoms with Crippen LogP contribution in [0.25, 0.3) is 0 Å². The van der Waals surface area contributed by atoms with Gasteiger partial charge in [-0.2, -0.15) is 0 Å². The number of hydrogen-bond donors (Lipinski definition) is 2. The summed E-state index contributed by atoms with van der Waals surface area (Å²) in [6.07, 6.45) is 0. The minimum absolute atomic E-state index is 0. The van der Waals surface area contributed by atoms with E-state index in [9.17, 15) is 15.0 Å². The van der Waals surface area contributed by atoms with Gasteiger partial charge in [-0.1, -0.05) is 87.5 Å². The number of carbonyl (C=O) groups is 1. The normalized spacial score (nSPS) is 12.1. The molecule has 0 aromatic heterocycles. The molecule has 0 fully saturated rings. The molecule has 0 saturated carbocycles. The maximum atomic E-state index is 11.8. The van der Waals surface area contributed by atoms with E-state index in [1.807, 2.05) is 87.5 Å². The first-order valence-electron chi connectivity index (χ1n) is 9.03. The van der Waals surface area contributed by atoms with Gasteiger partial charge in [0, 0.05) is 36.4 Å². The quantitative estimate of drug-likeness (QED) is 0.526. The van der Waals surface area contributed by atoms with Gasteiger partial charge < -0.3 is 10.2 Å². The third-order valence-corrected chi connectivity index (χ3v) is 5.33. The van der Waals surface area contributed by atoms with E-state index in [4.69, 9.17) is 0 Å². The van der Waals surface area contributed by atoms with E-state index in [1.54, 1.807) is 6.07 Å². The van der Waals surface area contributed by atoms with Crippen molar-refractivity contribution in [3.8, 4) is 5.75 Å². The number of rotatable bonds is 5. The first-order chi connectivity index (χ1) is 12.8. The molecular formula is C24H24O3Zn. The van der Waals surface area contributed by atoms with Gasteiger partial charge in [-0.05, 0) is 22.8 Å². The smallest absolute Gasteiger partial charge is 0.339 e. The standard InChI is InChI=1S/C24H24O3.Zn/c1-16(17-10-6-4-7-11-17)18-14-20(23(26)27)22(25)21(15-18)24(2,3)19-12-8-5-9-13-19;/h4-16,25H,1-3H3,(H,26,27);. The van der Waals surface area contributed by atoms with Gasteiger partial charge in [0.15, 0.2) is 0 Å². The second-order valence-electron chi connectivity index (χ2n) is 7.39. The molecule has 0 heterocycles. The molecular weight excluding hydrogens is 402 g/mol. The van der Waals surface area contributed by atoms with Crippen LogP contribution >= 0.6 is 0 Å². The fraction of sp³-hybridized carbons (Fsp3) is 0.208. The van der Waals surface area contributed by atoms with Gasteiger partial charge in [0.05, 0.1) is 0 Å². The zero-order valence-electron chi connectivity index (χ0n) is 16.5. The zero-order valence-corrected chi connectivity index (χ0v) is 19.5. The van der Waals surface area contributed by atoms with Crippen LogP contribution in [0.3, 0.4) is 0 Å². The van der Waals surface area contributed by atoms with Crippen LogP contribution in [0.5, 0.6) is 5.75 Å². The van der Waals surface area contributed by atoms with Gasteiger partial charge in [0.25, 0.3) is 0 Å². The van der Waals surface area contributed by atoms with E-state index in [-0.39, 0.29) is 36.7 Å². The Morgan fingerprint density at radius 2 is 1.43 bits per heavy atom. The molecule has 0 aliphatic heterocycles. The monoisotopic (exact) mass is 424 g/mol. The van der Waals surface area contributed by atoms with Crippen LogP contribution < -0.4 is 0 Å². The van der Waals surface area contributed by atoms with Crippen LogP contribution in [0.15, 0.2) is 72.8 Å². The van der Waals surface area contributed by atoms with Crippen molar-refractivity contribution in [2.24, 2.45) is 0 Å². The Balaban J connectivity index is 0.00000280. The topological polar surface area (TPSA) is 57.5 Å². The van der Waals surface area contributed by atoms with Crippen molar-refractivity contribution < 1.29 is 34.5 Å². The van der Waals surface area contributed by atoms with Gasteiger partial charge in [-0.3, -0.25) is 0 Å². The van der Waals surface area contributed by atoms with E-state index in [0.717, 1.165) is 16.7 Å². The summed E-state index contributed by atoms with van der Waals surface area (Å²) in [5, 5.41) is 20.4. The molecule has 4 heteroatoms. The molecule has 0 spiro atoms. The molecule has 0 amide bonds. The molecule has 3 aromatic rings. The Bertz CT molecular complexity index is 950. The van der Waals surface area contributed by atoms with Crippen molar-refractivity contribution in [3.63, 3.8) is 0 Å². The summed E-state index contributed by atoms with van der Waals surface area (Å²) < 4.78 is 0. The molecule has 3 aromatic carbocycles. The summed E-state index contributed by atoms with van der Waals surface area (Å²) >= 11 is 0. The zero-order chi connectivity index (χ0) is 19.6. The number of benzene rings is 3. The van der Waals surface area contributed by atoms with Crippen molar-refractivity contribution in [1.82, 2.24) is 0 Å². The minimum atomic E-state index is -1.13. The number of aromatic hydroxyl groups is 1. The Labute approximate surface area is 178 Å². The fourth-order valence-corrected chi connectivity index (χ4v) is 3.49. The summed E-state index contributed by atoms with van der Waals surface area (Å²) in [6, 6.07) is 23.3. The molecule has 3 nitrogen and oxygen atoms in total. The van der Waals surface area contributed by atoms with Crippen molar-refractivity contribution in [2.45, 2.75) is 32.1 Å². The Morgan fingerprint density at radius 3 is 1.96 bits per heavy atom. The SMILES string of the molecule is CC(c1ccccc1)c1cc(C(=O)O)c(O)c(C(C)(C)c2ccccc2)c1.[Zn]. The molecule has 0 aliphatic rings. The molecule has 28 heavy (non-hydrogen) atoms.